The number of carbonyl (C=O) groups excluding carboxylic acids is 2. The molecule has 150 valence electrons. The maximum absolute atomic E-state index is 12.7. The number of hydrogen-bond donors (Lipinski definition) is 1. The summed E-state index contributed by atoms with van der Waals surface area (Å²) in [7, 11) is 2.41. The lowest BCUT2D eigenvalue weighted by molar-refractivity contribution is 0.0549. The molecule has 0 atom stereocenters. The van der Waals surface area contributed by atoms with Gasteiger partial charge in [0.25, 0.3) is 0 Å². The first-order chi connectivity index (χ1) is 13.8. The lowest BCUT2D eigenvalue weighted by atomic mass is 10.0. The topological polar surface area (TPSA) is 90.6 Å². The molecule has 0 aliphatic heterocycles. The molecule has 1 N–H and O–H groups in total. The number of benzene rings is 2. The lowest BCUT2D eigenvalue weighted by Crippen LogP contribution is -2.15. The monoisotopic (exact) mass is 522 g/mol. The third-order valence-electron chi connectivity index (χ3n) is 4.33. The molecule has 0 amide bonds. The summed E-state index contributed by atoms with van der Waals surface area (Å²) < 4.78 is 12.2. The Morgan fingerprint density at radius 1 is 1.07 bits per heavy atom. The summed E-state index contributed by atoms with van der Waals surface area (Å²) in [5.41, 5.74) is 1.42. The van der Waals surface area contributed by atoms with Gasteiger partial charge in [0.15, 0.2) is 5.69 Å². The van der Waals surface area contributed by atoms with Gasteiger partial charge >= 0.3 is 11.9 Å². The molecule has 7 nitrogen and oxygen atoms in total. The van der Waals surface area contributed by atoms with Crippen LogP contribution in [0.1, 0.15) is 26.4 Å². The summed E-state index contributed by atoms with van der Waals surface area (Å²) >= 11 is 6.78. The van der Waals surface area contributed by atoms with Crippen molar-refractivity contribution in [2.24, 2.45) is 0 Å². The Bertz CT molecular complexity index is 1110. The van der Waals surface area contributed by atoms with Crippen molar-refractivity contribution in [3.05, 3.63) is 62.2 Å². The fourth-order valence-corrected chi connectivity index (χ4v) is 3.95. The van der Waals surface area contributed by atoms with E-state index in [9.17, 15) is 14.7 Å². The van der Waals surface area contributed by atoms with Crippen molar-refractivity contribution in [3.8, 4) is 22.7 Å². The number of rotatable bonds is 4. The first-order valence-electron chi connectivity index (χ1n) is 8.34. The molecule has 0 bridgehead atoms. The molecule has 0 unspecified atom stereocenters. The predicted octanol–water partition coefficient (Wildman–Crippen LogP) is 4.65. The number of ether oxygens (including phenoxy) is 2. The third kappa shape index (κ3) is 3.67. The van der Waals surface area contributed by atoms with Gasteiger partial charge in [-0.15, -0.1) is 0 Å². The van der Waals surface area contributed by atoms with E-state index in [4.69, 9.17) is 9.47 Å². The second-order valence-electron chi connectivity index (χ2n) is 6.00. The van der Waals surface area contributed by atoms with Gasteiger partial charge in [-0.1, -0.05) is 34.1 Å². The van der Waals surface area contributed by atoms with Gasteiger partial charge in [-0.2, -0.15) is 5.10 Å². The van der Waals surface area contributed by atoms with E-state index >= 15 is 0 Å². The van der Waals surface area contributed by atoms with E-state index in [1.165, 1.54) is 18.9 Å². The van der Waals surface area contributed by atoms with Crippen LogP contribution < -0.4 is 0 Å². The second kappa shape index (κ2) is 8.38. The van der Waals surface area contributed by atoms with Crippen LogP contribution in [-0.2, 0) is 9.47 Å². The molecule has 9 heteroatoms. The van der Waals surface area contributed by atoms with Gasteiger partial charge in [-0.3, -0.25) is 0 Å². The maximum Gasteiger partial charge on any atom is 0.357 e. The van der Waals surface area contributed by atoms with Crippen LogP contribution >= 0.6 is 31.9 Å². The fraction of sp³-hybridized carbons (Fsp3) is 0.150. The summed E-state index contributed by atoms with van der Waals surface area (Å²) in [6, 6.07) is 10.4. The molecule has 1 heterocycles. The Morgan fingerprint density at radius 3 is 2.28 bits per heavy atom. The maximum atomic E-state index is 12.7. The Hall–Kier alpha value is -2.65. The Kier molecular flexibility index (Phi) is 6.09. The molecule has 0 spiro atoms. The first kappa shape index (κ1) is 21.1. The molecule has 0 saturated carbocycles. The standard InChI is InChI=1S/C20H16Br2N2O5/c1-10-13(21)9-12(18(25)15(10)22)16-14(19(26)28-2)17(20(27)29-3)24(23-16)11-7-5-4-6-8-11/h4-9,25H,1-3H3. The second-order valence-corrected chi connectivity index (χ2v) is 7.64. The zero-order valence-corrected chi connectivity index (χ0v) is 18.9. The van der Waals surface area contributed by atoms with Crippen LogP contribution in [0.3, 0.4) is 0 Å². The highest BCUT2D eigenvalue weighted by atomic mass is 79.9. The van der Waals surface area contributed by atoms with Crippen LogP contribution in [0.2, 0.25) is 0 Å². The minimum atomic E-state index is -0.783. The highest BCUT2D eigenvalue weighted by Gasteiger charge is 2.33. The van der Waals surface area contributed by atoms with E-state index in [1.807, 2.05) is 6.07 Å². The Morgan fingerprint density at radius 2 is 1.69 bits per heavy atom. The fourth-order valence-electron chi connectivity index (χ4n) is 2.83. The van der Waals surface area contributed by atoms with Gasteiger partial charge in [-0.05, 0) is 46.6 Å². The van der Waals surface area contributed by atoms with E-state index in [2.05, 4.69) is 37.0 Å². The van der Waals surface area contributed by atoms with E-state index in [-0.39, 0.29) is 28.3 Å². The number of phenolic OH excluding ortho intramolecular Hbond substituents is 1. The number of carbonyl (C=O) groups is 2. The highest BCUT2D eigenvalue weighted by molar-refractivity contribution is 9.11. The van der Waals surface area contributed by atoms with Gasteiger partial charge < -0.3 is 14.6 Å². The summed E-state index contributed by atoms with van der Waals surface area (Å²) in [5.74, 6) is -1.67. The van der Waals surface area contributed by atoms with Crippen LogP contribution in [0.25, 0.3) is 16.9 Å². The Balaban J connectivity index is 2.44. The molecule has 1 aromatic heterocycles. The largest absolute Gasteiger partial charge is 0.506 e. The van der Waals surface area contributed by atoms with E-state index < -0.39 is 11.9 Å². The number of methoxy groups -OCH3 is 2. The average Bonchev–Trinajstić information content (AvgIpc) is 3.14. The quantitative estimate of drug-likeness (QED) is 0.500. The molecule has 2 aromatic carbocycles. The van der Waals surface area contributed by atoms with Crippen molar-refractivity contribution in [3.63, 3.8) is 0 Å². The van der Waals surface area contributed by atoms with Crippen LogP contribution in [0.15, 0.2) is 45.3 Å². The van der Waals surface area contributed by atoms with E-state index in [0.29, 0.717) is 14.6 Å². The highest BCUT2D eigenvalue weighted by Crippen LogP contribution is 2.42. The number of aromatic nitrogens is 2. The zero-order chi connectivity index (χ0) is 21.3. The summed E-state index contributed by atoms with van der Waals surface area (Å²) in [6.45, 7) is 1.81. The van der Waals surface area contributed by atoms with Gasteiger partial charge in [0.05, 0.1) is 24.4 Å². The number of para-hydroxylation sites is 1. The molecule has 0 saturated heterocycles. The summed E-state index contributed by atoms with van der Waals surface area (Å²) in [6.07, 6.45) is 0. The summed E-state index contributed by atoms with van der Waals surface area (Å²) in [4.78, 5) is 25.2. The van der Waals surface area contributed by atoms with Gasteiger partial charge in [-0.25, -0.2) is 14.3 Å². The first-order valence-corrected chi connectivity index (χ1v) is 9.93. The molecule has 3 rings (SSSR count). The number of aromatic hydroxyl groups is 1. The van der Waals surface area contributed by atoms with Gasteiger partial charge in [0.2, 0.25) is 0 Å². The van der Waals surface area contributed by atoms with Crippen LogP contribution in [0.5, 0.6) is 5.75 Å². The van der Waals surface area contributed by atoms with Crippen molar-refractivity contribution in [2.45, 2.75) is 6.92 Å². The van der Waals surface area contributed by atoms with Crippen molar-refractivity contribution in [1.82, 2.24) is 9.78 Å². The Labute approximate surface area is 183 Å². The van der Waals surface area contributed by atoms with Crippen molar-refractivity contribution in [1.29, 1.82) is 0 Å². The molecule has 0 aliphatic carbocycles. The normalized spacial score (nSPS) is 10.7. The van der Waals surface area contributed by atoms with Crippen LogP contribution in [-0.4, -0.2) is 41.0 Å². The minimum Gasteiger partial charge on any atom is -0.506 e. The van der Waals surface area contributed by atoms with E-state index in [1.54, 1.807) is 37.3 Å². The molecule has 29 heavy (non-hydrogen) atoms. The molecule has 0 aliphatic rings. The SMILES string of the molecule is COC(=O)c1c(-c2cc(Br)c(C)c(Br)c2O)nn(-c2ccccc2)c1C(=O)OC. The predicted molar refractivity (Wildman–Crippen MR) is 113 cm³/mol. The summed E-state index contributed by atoms with van der Waals surface area (Å²) in [5, 5.41) is 15.2. The number of esters is 2. The van der Waals surface area contributed by atoms with E-state index in [0.717, 1.165) is 5.56 Å². The van der Waals surface area contributed by atoms with Crippen LogP contribution in [0.4, 0.5) is 0 Å². The average molecular weight is 524 g/mol. The third-order valence-corrected chi connectivity index (χ3v) is 6.13. The zero-order valence-electron chi connectivity index (χ0n) is 15.7. The van der Waals surface area contributed by atoms with Crippen molar-refractivity contribution in [2.75, 3.05) is 14.2 Å². The molecular formula is C20H16Br2N2O5. The lowest BCUT2D eigenvalue weighted by Gasteiger charge is -2.10. The van der Waals surface area contributed by atoms with Crippen LogP contribution in [0, 0.1) is 6.92 Å². The van der Waals surface area contributed by atoms with Gasteiger partial charge in [0, 0.05) is 10.0 Å². The number of phenols is 1. The number of hydrogen-bond acceptors (Lipinski definition) is 6. The number of nitrogens with zero attached hydrogens (tertiary/aromatic N) is 2. The molecule has 0 fully saturated rings. The van der Waals surface area contributed by atoms with Crippen molar-refractivity contribution < 1.29 is 24.2 Å². The molecule has 3 aromatic rings. The smallest absolute Gasteiger partial charge is 0.357 e. The number of halogens is 2. The minimum absolute atomic E-state index is 0.0833. The van der Waals surface area contributed by atoms with Gasteiger partial charge in [0.1, 0.15) is 17.0 Å². The molecule has 0 radical (unpaired) electrons. The van der Waals surface area contributed by atoms with Crippen molar-refractivity contribution >= 4 is 43.8 Å². The molecular weight excluding hydrogens is 508 g/mol.